The van der Waals surface area contributed by atoms with Crippen LogP contribution in [0.5, 0.6) is 5.75 Å². The van der Waals surface area contributed by atoms with Crippen molar-refractivity contribution < 1.29 is 14.4 Å². The van der Waals surface area contributed by atoms with Gasteiger partial charge in [0.1, 0.15) is 5.82 Å². The zero-order chi connectivity index (χ0) is 14.7. The van der Waals surface area contributed by atoms with E-state index in [0.29, 0.717) is 0 Å². The van der Waals surface area contributed by atoms with Crippen molar-refractivity contribution in [3.05, 3.63) is 62.9 Å². The van der Waals surface area contributed by atoms with Gasteiger partial charge in [0.15, 0.2) is 0 Å². The monoisotopic (exact) mass is 293 g/mol. The average molecular weight is 294 g/mol. The Labute approximate surface area is 118 Å². The van der Waals surface area contributed by atoms with Crippen LogP contribution in [0.15, 0.2) is 41.4 Å². The van der Waals surface area contributed by atoms with Crippen LogP contribution in [0.1, 0.15) is 5.56 Å². The highest BCUT2D eigenvalue weighted by molar-refractivity contribution is 6.33. The molecule has 0 fully saturated rings. The molecular formula is C13H7ClFN2O3-. The van der Waals surface area contributed by atoms with Crippen molar-refractivity contribution in [3.8, 4) is 5.75 Å². The number of nitro benzene ring substituents is 1. The number of non-ortho nitro benzene ring substituents is 1. The predicted octanol–water partition coefficient (Wildman–Crippen LogP) is 3.21. The van der Waals surface area contributed by atoms with E-state index < -0.39 is 16.5 Å². The lowest BCUT2D eigenvalue weighted by Gasteiger charge is -2.08. The third kappa shape index (κ3) is 3.10. The highest BCUT2D eigenvalue weighted by atomic mass is 35.5. The van der Waals surface area contributed by atoms with Gasteiger partial charge in [-0.25, -0.2) is 4.39 Å². The van der Waals surface area contributed by atoms with Gasteiger partial charge in [-0.1, -0.05) is 23.4 Å². The van der Waals surface area contributed by atoms with Crippen molar-refractivity contribution in [2.75, 3.05) is 0 Å². The molecule has 20 heavy (non-hydrogen) atoms. The lowest BCUT2D eigenvalue weighted by Crippen LogP contribution is -1.98. The van der Waals surface area contributed by atoms with Crippen molar-refractivity contribution in [3.63, 3.8) is 0 Å². The average Bonchev–Trinajstić information content (AvgIpc) is 2.39. The lowest BCUT2D eigenvalue weighted by atomic mass is 10.2. The number of hydrogen-bond donors (Lipinski definition) is 0. The molecule has 0 aliphatic rings. The van der Waals surface area contributed by atoms with E-state index in [9.17, 15) is 19.6 Å². The molecule has 0 aromatic heterocycles. The summed E-state index contributed by atoms with van der Waals surface area (Å²) < 4.78 is 12.9. The molecule has 0 aliphatic carbocycles. The number of benzene rings is 2. The van der Waals surface area contributed by atoms with Crippen LogP contribution in [0.25, 0.3) is 0 Å². The third-order valence-electron chi connectivity index (χ3n) is 2.46. The van der Waals surface area contributed by atoms with Gasteiger partial charge in [-0.15, -0.1) is 0 Å². The first-order valence-corrected chi connectivity index (χ1v) is 5.80. The van der Waals surface area contributed by atoms with Gasteiger partial charge in [-0.2, -0.15) is 0 Å². The minimum Gasteiger partial charge on any atom is -0.872 e. The second-order valence-corrected chi connectivity index (χ2v) is 4.24. The molecule has 0 aliphatic heterocycles. The molecule has 0 saturated carbocycles. The van der Waals surface area contributed by atoms with Crippen LogP contribution < -0.4 is 5.11 Å². The Bertz CT molecular complexity index is 704. The van der Waals surface area contributed by atoms with Gasteiger partial charge in [-0.3, -0.25) is 15.1 Å². The largest absolute Gasteiger partial charge is 0.872 e. The van der Waals surface area contributed by atoms with Gasteiger partial charge < -0.3 is 5.11 Å². The van der Waals surface area contributed by atoms with Crippen LogP contribution in [-0.2, 0) is 0 Å². The topological polar surface area (TPSA) is 78.6 Å². The Hall–Kier alpha value is -2.47. The van der Waals surface area contributed by atoms with E-state index in [0.717, 1.165) is 30.5 Å². The molecule has 0 radical (unpaired) electrons. The van der Waals surface area contributed by atoms with E-state index in [1.165, 1.54) is 12.1 Å². The second-order valence-electron chi connectivity index (χ2n) is 3.83. The van der Waals surface area contributed by atoms with Crippen molar-refractivity contribution >= 4 is 29.2 Å². The summed E-state index contributed by atoms with van der Waals surface area (Å²) in [6, 6.07) is 6.92. The summed E-state index contributed by atoms with van der Waals surface area (Å²) in [5, 5.41) is 22.3. The minimum atomic E-state index is -0.609. The molecule has 0 unspecified atom stereocenters. The summed E-state index contributed by atoms with van der Waals surface area (Å²) in [6.07, 6.45) is 1.16. The molecule has 7 heteroatoms. The minimum absolute atomic E-state index is 0.0552. The molecule has 0 spiro atoms. The van der Waals surface area contributed by atoms with Crippen LogP contribution >= 0.6 is 11.6 Å². The number of hydrogen-bond acceptors (Lipinski definition) is 4. The van der Waals surface area contributed by atoms with Crippen molar-refractivity contribution in [1.82, 2.24) is 0 Å². The standard InChI is InChI=1S/C13H8ClFN2O3/c14-11-6-9(15)1-3-12(11)16-7-8-5-10(17(19)20)2-4-13(8)18/h1-7,18H/p-1. The molecule has 0 heterocycles. The molecule has 0 atom stereocenters. The summed E-state index contributed by atoms with van der Waals surface area (Å²) in [7, 11) is 0. The van der Waals surface area contributed by atoms with E-state index in [1.54, 1.807) is 0 Å². The molecule has 2 aromatic rings. The quantitative estimate of drug-likeness (QED) is 0.495. The summed E-state index contributed by atoms with van der Waals surface area (Å²) >= 11 is 5.78. The molecule has 102 valence electrons. The summed E-state index contributed by atoms with van der Waals surface area (Å²) in [6.45, 7) is 0. The lowest BCUT2D eigenvalue weighted by molar-refractivity contribution is -0.385. The SMILES string of the molecule is O=[N+]([O-])c1ccc([O-])c(C=Nc2ccc(F)cc2Cl)c1. The maximum Gasteiger partial charge on any atom is 0.270 e. The molecule has 2 rings (SSSR count). The fourth-order valence-corrected chi connectivity index (χ4v) is 1.69. The van der Waals surface area contributed by atoms with Crippen LogP contribution in [-0.4, -0.2) is 11.1 Å². The first-order chi connectivity index (χ1) is 9.47. The van der Waals surface area contributed by atoms with Gasteiger partial charge >= 0.3 is 0 Å². The molecule has 0 saturated heterocycles. The molecular weight excluding hydrogens is 287 g/mol. The number of rotatable bonds is 3. The molecule has 0 amide bonds. The van der Waals surface area contributed by atoms with Crippen molar-refractivity contribution in [1.29, 1.82) is 0 Å². The second kappa shape index (κ2) is 5.66. The van der Waals surface area contributed by atoms with E-state index in [4.69, 9.17) is 11.6 Å². The first kappa shape index (κ1) is 14.0. The van der Waals surface area contributed by atoms with Gasteiger partial charge in [0.05, 0.1) is 15.6 Å². The molecule has 0 N–H and O–H groups in total. The van der Waals surface area contributed by atoms with Crippen LogP contribution in [0, 0.1) is 15.9 Å². The first-order valence-electron chi connectivity index (χ1n) is 5.42. The Morgan fingerprint density at radius 2 is 2.00 bits per heavy atom. The van der Waals surface area contributed by atoms with E-state index in [2.05, 4.69) is 4.99 Å². The van der Waals surface area contributed by atoms with Gasteiger partial charge in [0, 0.05) is 18.3 Å². The zero-order valence-corrected chi connectivity index (χ0v) is 10.7. The summed E-state index contributed by atoms with van der Waals surface area (Å²) in [5.41, 5.74) is 0.106. The highest BCUT2D eigenvalue weighted by Gasteiger charge is 2.06. The number of nitro groups is 1. The number of nitrogens with zero attached hydrogens (tertiary/aromatic N) is 2. The molecule has 2 aromatic carbocycles. The Morgan fingerprint density at radius 3 is 2.65 bits per heavy atom. The zero-order valence-electron chi connectivity index (χ0n) is 9.92. The molecule has 5 nitrogen and oxygen atoms in total. The third-order valence-corrected chi connectivity index (χ3v) is 2.76. The van der Waals surface area contributed by atoms with E-state index in [1.807, 2.05) is 0 Å². The van der Waals surface area contributed by atoms with E-state index >= 15 is 0 Å². The van der Waals surface area contributed by atoms with Crippen LogP contribution in [0.2, 0.25) is 5.02 Å². The smallest absolute Gasteiger partial charge is 0.270 e. The Balaban J connectivity index is 2.35. The van der Waals surface area contributed by atoms with Gasteiger partial charge in [-0.05, 0) is 23.8 Å². The maximum atomic E-state index is 12.9. The van der Waals surface area contributed by atoms with Gasteiger partial charge in [0.2, 0.25) is 0 Å². The summed E-state index contributed by atoms with van der Waals surface area (Å²) in [4.78, 5) is 13.9. The Kier molecular flexibility index (Phi) is 3.95. The van der Waals surface area contributed by atoms with E-state index in [-0.39, 0.29) is 22.0 Å². The van der Waals surface area contributed by atoms with Gasteiger partial charge in [0.25, 0.3) is 5.69 Å². The normalized spacial score (nSPS) is 10.9. The maximum absolute atomic E-state index is 12.9. The highest BCUT2D eigenvalue weighted by Crippen LogP contribution is 2.26. The summed E-state index contributed by atoms with van der Waals surface area (Å²) in [5.74, 6) is -0.911. The van der Waals surface area contributed by atoms with Crippen molar-refractivity contribution in [2.45, 2.75) is 0 Å². The van der Waals surface area contributed by atoms with Crippen LogP contribution in [0.4, 0.5) is 15.8 Å². The van der Waals surface area contributed by atoms with Crippen molar-refractivity contribution in [2.24, 2.45) is 4.99 Å². The Morgan fingerprint density at radius 1 is 1.25 bits per heavy atom. The molecule has 0 bridgehead atoms. The predicted molar refractivity (Wildman–Crippen MR) is 71.2 cm³/mol. The fourth-order valence-electron chi connectivity index (χ4n) is 1.48. The number of aliphatic imine (C=N–C) groups is 1. The number of halogens is 2. The van der Waals surface area contributed by atoms with Crippen LogP contribution in [0.3, 0.4) is 0 Å². The fraction of sp³-hybridized carbons (Fsp3) is 0.